The summed E-state index contributed by atoms with van der Waals surface area (Å²) in [5.74, 6) is -4.36. The largest absolute Gasteiger partial charge is 2.00 e. The molecule has 0 aromatic heterocycles. The number of carboxylic acid groups (broad SMARTS) is 3. The van der Waals surface area contributed by atoms with Gasteiger partial charge in [-0.2, -0.15) is 0 Å². The van der Waals surface area contributed by atoms with Crippen molar-refractivity contribution in [2.45, 2.75) is 25.3 Å². The second kappa shape index (κ2) is 10.7. The molecule has 0 saturated carbocycles. The van der Waals surface area contributed by atoms with Crippen molar-refractivity contribution >= 4 is 17.9 Å². The van der Waals surface area contributed by atoms with E-state index in [1.165, 1.54) is 0 Å². The van der Waals surface area contributed by atoms with Gasteiger partial charge in [0, 0.05) is 13.1 Å². The second-order valence-electron chi connectivity index (χ2n) is 3.79. The van der Waals surface area contributed by atoms with Gasteiger partial charge in [0.05, 0.1) is 11.9 Å². The number of hydrogen-bond acceptors (Lipinski definition) is 7. The normalized spacial score (nSPS) is 11.7. The number of aliphatic carboxylic acids is 3. The number of nitrogens with zero attached hydrogens (tertiary/aromatic N) is 1. The van der Waals surface area contributed by atoms with E-state index in [4.69, 9.17) is 10.8 Å². The maximum absolute atomic E-state index is 11.0. The molecule has 0 bridgehead atoms. The molecular formula is C10H16N2NiO6. The van der Waals surface area contributed by atoms with E-state index < -0.39 is 37.0 Å². The van der Waals surface area contributed by atoms with Crippen LogP contribution in [0.5, 0.6) is 0 Å². The Bertz CT molecular complexity index is 296. The maximum atomic E-state index is 11.0. The Balaban J connectivity index is 0. The van der Waals surface area contributed by atoms with Crippen molar-refractivity contribution in [1.82, 2.24) is 4.90 Å². The van der Waals surface area contributed by atoms with Crippen LogP contribution in [0.4, 0.5) is 0 Å². The van der Waals surface area contributed by atoms with Crippen LogP contribution in [0.25, 0.3) is 0 Å². The molecule has 9 heteroatoms. The minimum atomic E-state index is -1.54. The van der Waals surface area contributed by atoms with E-state index in [-0.39, 0.29) is 22.9 Å². The van der Waals surface area contributed by atoms with Gasteiger partial charge in [-0.15, -0.1) is 0 Å². The number of hydrogen-bond donors (Lipinski definition) is 2. The summed E-state index contributed by atoms with van der Waals surface area (Å²) in [5.41, 5.74) is 5.26. The minimum absolute atomic E-state index is 0. The van der Waals surface area contributed by atoms with Gasteiger partial charge in [0.15, 0.2) is 0 Å². The standard InChI is InChI=1S/C10H18N2O6.Ni/c11-4-2-1-3-7(10(17)18)12(5-8(13)14)6-9(15)16;/h7H,1-6,11H2,(H,13,14)(H,15,16)(H,17,18);/q;+2/p-2. The Morgan fingerprint density at radius 1 is 1.11 bits per heavy atom. The van der Waals surface area contributed by atoms with Crippen molar-refractivity contribution in [2.75, 3.05) is 19.6 Å². The molecule has 112 valence electrons. The monoisotopic (exact) mass is 318 g/mol. The van der Waals surface area contributed by atoms with Gasteiger partial charge < -0.3 is 30.6 Å². The first kappa shape index (κ1) is 20.1. The molecule has 0 amide bonds. The van der Waals surface area contributed by atoms with Crippen LogP contribution in [0, 0.1) is 0 Å². The van der Waals surface area contributed by atoms with Crippen LogP contribution in [0.2, 0.25) is 0 Å². The fraction of sp³-hybridized carbons (Fsp3) is 0.700. The number of unbranched alkanes of at least 4 members (excludes halogenated alkanes) is 1. The number of carbonyl (C=O) groups is 3. The Hall–Kier alpha value is -1.18. The van der Waals surface area contributed by atoms with Gasteiger partial charge in [-0.05, 0) is 19.4 Å². The quantitative estimate of drug-likeness (QED) is 0.310. The third-order valence-electron chi connectivity index (χ3n) is 2.32. The van der Waals surface area contributed by atoms with Crippen molar-refractivity contribution in [2.24, 2.45) is 5.73 Å². The zero-order valence-electron chi connectivity index (χ0n) is 10.1. The van der Waals surface area contributed by atoms with Gasteiger partial charge in [-0.1, -0.05) is 6.42 Å². The van der Waals surface area contributed by atoms with Gasteiger partial charge in [-0.3, -0.25) is 9.69 Å². The van der Waals surface area contributed by atoms with E-state index in [9.17, 15) is 24.6 Å². The van der Waals surface area contributed by atoms with Crippen LogP contribution in [0.3, 0.4) is 0 Å². The molecule has 0 aliphatic heterocycles. The fourth-order valence-corrected chi connectivity index (χ4v) is 1.55. The predicted octanol–water partition coefficient (Wildman–Crippen LogP) is -3.63. The molecule has 0 aromatic rings. The van der Waals surface area contributed by atoms with E-state index in [0.29, 0.717) is 19.4 Å². The zero-order valence-corrected chi connectivity index (χ0v) is 11.1. The molecule has 0 radical (unpaired) electrons. The Morgan fingerprint density at radius 3 is 1.89 bits per heavy atom. The van der Waals surface area contributed by atoms with Crippen molar-refractivity contribution in [3.05, 3.63) is 0 Å². The summed E-state index contributed by atoms with van der Waals surface area (Å²) in [7, 11) is 0. The molecule has 0 rings (SSSR count). The van der Waals surface area contributed by atoms with Crippen LogP contribution in [0.15, 0.2) is 0 Å². The molecule has 3 N–H and O–H groups in total. The Morgan fingerprint density at radius 2 is 1.58 bits per heavy atom. The molecule has 0 aliphatic rings. The SMILES string of the molecule is NCCCCC(C(=O)O)N(CC(=O)[O-])CC(=O)[O-].[Ni+2]. The fourth-order valence-electron chi connectivity index (χ4n) is 1.55. The second-order valence-corrected chi connectivity index (χ2v) is 3.79. The molecular weight excluding hydrogens is 303 g/mol. The zero-order chi connectivity index (χ0) is 14.1. The maximum Gasteiger partial charge on any atom is 2.00 e. The van der Waals surface area contributed by atoms with E-state index in [2.05, 4.69) is 0 Å². The molecule has 8 nitrogen and oxygen atoms in total. The first-order valence-corrected chi connectivity index (χ1v) is 5.45. The molecule has 0 aromatic carbocycles. The number of nitrogens with two attached hydrogens (primary N) is 1. The van der Waals surface area contributed by atoms with E-state index in [0.717, 1.165) is 4.90 Å². The third-order valence-corrected chi connectivity index (χ3v) is 2.32. The van der Waals surface area contributed by atoms with Crippen molar-refractivity contribution in [3.63, 3.8) is 0 Å². The van der Waals surface area contributed by atoms with Crippen LogP contribution < -0.4 is 15.9 Å². The van der Waals surface area contributed by atoms with Crippen molar-refractivity contribution < 1.29 is 46.2 Å². The summed E-state index contributed by atoms with van der Waals surface area (Å²) in [6, 6.07) is -1.20. The van der Waals surface area contributed by atoms with E-state index in [1.807, 2.05) is 0 Å². The minimum Gasteiger partial charge on any atom is -0.549 e. The topological polar surface area (TPSA) is 147 Å². The van der Waals surface area contributed by atoms with Gasteiger partial charge in [-0.25, -0.2) is 0 Å². The van der Waals surface area contributed by atoms with Crippen molar-refractivity contribution in [1.29, 1.82) is 0 Å². The smallest absolute Gasteiger partial charge is 0.549 e. The summed E-state index contributed by atoms with van der Waals surface area (Å²) < 4.78 is 0. The summed E-state index contributed by atoms with van der Waals surface area (Å²) >= 11 is 0. The molecule has 0 spiro atoms. The first-order valence-electron chi connectivity index (χ1n) is 5.45. The van der Waals surface area contributed by atoms with E-state index in [1.54, 1.807) is 0 Å². The summed E-state index contributed by atoms with van der Waals surface area (Å²) in [6.07, 6.45) is 1.16. The van der Waals surface area contributed by atoms with Crippen LogP contribution in [-0.2, 0) is 30.9 Å². The summed E-state index contributed by atoms with van der Waals surface area (Å²) in [4.78, 5) is 32.7. The summed E-state index contributed by atoms with van der Waals surface area (Å²) in [5, 5.41) is 29.9. The third kappa shape index (κ3) is 9.41. The van der Waals surface area contributed by atoms with Crippen LogP contribution in [0.1, 0.15) is 19.3 Å². The van der Waals surface area contributed by atoms with Crippen LogP contribution >= 0.6 is 0 Å². The molecule has 1 atom stereocenters. The number of rotatable bonds is 10. The predicted molar refractivity (Wildman–Crippen MR) is 55.9 cm³/mol. The molecule has 19 heavy (non-hydrogen) atoms. The number of carbonyl (C=O) groups excluding carboxylic acids is 2. The Labute approximate surface area is 120 Å². The van der Waals surface area contributed by atoms with Gasteiger partial charge in [0.25, 0.3) is 0 Å². The van der Waals surface area contributed by atoms with Gasteiger partial charge in [0.2, 0.25) is 0 Å². The van der Waals surface area contributed by atoms with Crippen LogP contribution in [-0.4, -0.2) is 53.6 Å². The molecule has 0 heterocycles. The molecule has 0 saturated heterocycles. The Kier molecular flexibility index (Phi) is 11.4. The average Bonchev–Trinajstić information content (AvgIpc) is 2.21. The molecule has 1 unspecified atom stereocenters. The molecule has 0 aliphatic carbocycles. The van der Waals surface area contributed by atoms with Gasteiger partial charge >= 0.3 is 22.5 Å². The van der Waals surface area contributed by atoms with Gasteiger partial charge in [0.1, 0.15) is 6.04 Å². The van der Waals surface area contributed by atoms with Crippen molar-refractivity contribution in [3.8, 4) is 0 Å². The molecule has 0 fully saturated rings. The first-order chi connectivity index (χ1) is 8.38. The van der Waals surface area contributed by atoms with E-state index >= 15 is 0 Å². The average molecular weight is 319 g/mol. The number of carboxylic acids is 3. The summed E-state index contributed by atoms with van der Waals surface area (Å²) in [6.45, 7) is -1.16.